The molecule has 0 spiro atoms. The van der Waals surface area contributed by atoms with Crippen molar-refractivity contribution in [3.05, 3.63) is 35.4 Å². The van der Waals surface area contributed by atoms with Crippen molar-refractivity contribution in [3.63, 3.8) is 0 Å². The summed E-state index contributed by atoms with van der Waals surface area (Å²) in [4.78, 5) is 5.22. The molecule has 2 nitrogen and oxygen atoms in total. The van der Waals surface area contributed by atoms with Crippen LogP contribution in [-0.2, 0) is 6.54 Å². The number of nitrogens with zero attached hydrogens (tertiary/aromatic N) is 2. The van der Waals surface area contributed by atoms with Gasteiger partial charge in [0, 0.05) is 32.7 Å². The van der Waals surface area contributed by atoms with Crippen LogP contribution in [0.15, 0.2) is 24.3 Å². The van der Waals surface area contributed by atoms with E-state index < -0.39 is 0 Å². The lowest BCUT2D eigenvalue weighted by Gasteiger charge is -2.35. The summed E-state index contributed by atoms with van der Waals surface area (Å²) in [6.45, 7) is 16.4. The maximum Gasteiger partial charge on any atom is 0.0234 e. The molecule has 0 atom stereocenters. The number of piperazine rings is 1. The van der Waals surface area contributed by atoms with E-state index in [0.29, 0.717) is 5.92 Å². The predicted octanol–water partition coefficient (Wildman–Crippen LogP) is 3.97. The fraction of sp³-hybridized carbons (Fsp3) is 0.684. The molecule has 0 aromatic heterocycles. The van der Waals surface area contributed by atoms with E-state index in [1.807, 2.05) is 0 Å². The van der Waals surface area contributed by atoms with Gasteiger partial charge in [-0.3, -0.25) is 4.90 Å². The van der Waals surface area contributed by atoms with Crippen LogP contribution in [0.1, 0.15) is 51.2 Å². The fourth-order valence-electron chi connectivity index (χ4n) is 2.88. The summed E-state index contributed by atoms with van der Waals surface area (Å²) in [5.74, 6) is 1.45. The topological polar surface area (TPSA) is 6.48 Å². The third-order valence-corrected chi connectivity index (χ3v) is 4.54. The summed E-state index contributed by atoms with van der Waals surface area (Å²) in [5, 5.41) is 0. The van der Waals surface area contributed by atoms with E-state index in [1.54, 1.807) is 0 Å². The number of benzene rings is 1. The molecule has 0 aliphatic carbocycles. The molecule has 0 N–H and O–H groups in total. The Balaban J connectivity index is 1.75. The van der Waals surface area contributed by atoms with E-state index in [4.69, 9.17) is 0 Å². The molecular formula is C19H32N2. The molecule has 0 unspecified atom stereocenters. The van der Waals surface area contributed by atoms with Gasteiger partial charge < -0.3 is 4.90 Å². The molecule has 118 valence electrons. The largest absolute Gasteiger partial charge is 0.301 e. The zero-order chi connectivity index (χ0) is 15.2. The van der Waals surface area contributed by atoms with Crippen molar-refractivity contribution in [2.45, 2.75) is 46.6 Å². The summed E-state index contributed by atoms with van der Waals surface area (Å²) in [7, 11) is 0. The summed E-state index contributed by atoms with van der Waals surface area (Å²) in [6, 6.07) is 9.19. The Labute approximate surface area is 131 Å². The van der Waals surface area contributed by atoms with Crippen LogP contribution in [0.25, 0.3) is 0 Å². The third kappa shape index (κ3) is 5.44. The van der Waals surface area contributed by atoms with Gasteiger partial charge in [0.2, 0.25) is 0 Å². The first-order chi connectivity index (χ1) is 10.0. The lowest BCUT2D eigenvalue weighted by atomic mass is 10.0. The van der Waals surface area contributed by atoms with E-state index in [9.17, 15) is 0 Å². The quantitative estimate of drug-likeness (QED) is 0.781. The van der Waals surface area contributed by atoms with Crippen LogP contribution in [0.4, 0.5) is 0 Å². The smallest absolute Gasteiger partial charge is 0.0234 e. The highest BCUT2D eigenvalue weighted by Crippen LogP contribution is 2.16. The highest BCUT2D eigenvalue weighted by atomic mass is 15.3. The molecule has 0 radical (unpaired) electrons. The molecule has 21 heavy (non-hydrogen) atoms. The first-order valence-corrected chi connectivity index (χ1v) is 8.58. The zero-order valence-corrected chi connectivity index (χ0v) is 14.3. The normalized spacial score (nSPS) is 17.8. The van der Waals surface area contributed by atoms with Gasteiger partial charge in [0.25, 0.3) is 0 Å². The van der Waals surface area contributed by atoms with Crippen molar-refractivity contribution >= 4 is 0 Å². The van der Waals surface area contributed by atoms with Crippen molar-refractivity contribution in [3.8, 4) is 0 Å². The summed E-state index contributed by atoms with van der Waals surface area (Å²) in [6.07, 6.45) is 1.33. The van der Waals surface area contributed by atoms with Gasteiger partial charge in [0.05, 0.1) is 0 Å². The van der Waals surface area contributed by atoms with Gasteiger partial charge in [-0.1, -0.05) is 52.0 Å². The minimum Gasteiger partial charge on any atom is -0.301 e. The summed E-state index contributed by atoms with van der Waals surface area (Å²) < 4.78 is 0. The lowest BCUT2D eigenvalue weighted by Crippen LogP contribution is -2.46. The van der Waals surface area contributed by atoms with Crippen LogP contribution in [0, 0.1) is 5.92 Å². The molecule has 0 amide bonds. The molecule has 1 heterocycles. The van der Waals surface area contributed by atoms with Crippen LogP contribution in [-0.4, -0.2) is 42.5 Å². The molecule has 1 aliphatic rings. The van der Waals surface area contributed by atoms with Gasteiger partial charge in [0.1, 0.15) is 0 Å². The van der Waals surface area contributed by atoms with E-state index in [2.05, 4.69) is 61.8 Å². The minimum absolute atomic E-state index is 0.628. The standard InChI is InChI=1S/C19H32N2/c1-16(2)9-10-20-11-13-21(14-12-20)15-18-5-7-19(8-6-18)17(3)4/h5-8,16-17H,9-15H2,1-4H3. The molecule has 0 saturated carbocycles. The minimum atomic E-state index is 0.628. The predicted molar refractivity (Wildman–Crippen MR) is 91.7 cm³/mol. The third-order valence-electron chi connectivity index (χ3n) is 4.54. The van der Waals surface area contributed by atoms with Crippen molar-refractivity contribution in [1.29, 1.82) is 0 Å². The maximum atomic E-state index is 2.62. The van der Waals surface area contributed by atoms with E-state index >= 15 is 0 Å². The Morgan fingerprint density at radius 2 is 1.43 bits per heavy atom. The molecule has 2 heteroatoms. The maximum absolute atomic E-state index is 2.62. The number of rotatable bonds is 6. The Hall–Kier alpha value is -0.860. The highest BCUT2D eigenvalue weighted by Gasteiger charge is 2.16. The average molecular weight is 288 g/mol. The summed E-state index contributed by atoms with van der Waals surface area (Å²) >= 11 is 0. The van der Waals surface area contributed by atoms with E-state index in [0.717, 1.165) is 12.5 Å². The average Bonchev–Trinajstić information content (AvgIpc) is 2.47. The van der Waals surface area contributed by atoms with Crippen LogP contribution in [0.3, 0.4) is 0 Å². The molecule has 1 aliphatic heterocycles. The molecule has 1 aromatic rings. The molecular weight excluding hydrogens is 256 g/mol. The van der Waals surface area contributed by atoms with Crippen LogP contribution in [0.2, 0.25) is 0 Å². The second-order valence-corrected chi connectivity index (χ2v) is 7.20. The Morgan fingerprint density at radius 1 is 0.857 bits per heavy atom. The van der Waals surface area contributed by atoms with Crippen molar-refractivity contribution in [1.82, 2.24) is 9.80 Å². The van der Waals surface area contributed by atoms with E-state index in [-0.39, 0.29) is 0 Å². The molecule has 2 rings (SSSR count). The molecule has 1 fully saturated rings. The van der Waals surface area contributed by atoms with Crippen LogP contribution < -0.4 is 0 Å². The van der Waals surface area contributed by atoms with Crippen molar-refractivity contribution < 1.29 is 0 Å². The second kappa shape index (κ2) is 7.95. The van der Waals surface area contributed by atoms with Gasteiger partial charge in [-0.05, 0) is 35.9 Å². The highest BCUT2D eigenvalue weighted by molar-refractivity contribution is 5.24. The molecule has 1 saturated heterocycles. The fourth-order valence-corrected chi connectivity index (χ4v) is 2.88. The lowest BCUT2D eigenvalue weighted by molar-refractivity contribution is 0.123. The Morgan fingerprint density at radius 3 is 1.95 bits per heavy atom. The van der Waals surface area contributed by atoms with Crippen molar-refractivity contribution in [2.24, 2.45) is 5.92 Å². The second-order valence-electron chi connectivity index (χ2n) is 7.20. The zero-order valence-electron chi connectivity index (χ0n) is 14.3. The summed E-state index contributed by atoms with van der Waals surface area (Å²) in [5.41, 5.74) is 2.90. The van der Waals surface area contributed by atoms with Gasteiger partial charge in [-0.25, -0.2) is 0 Å². The Kier molecular flexibility index (Phi) is 6.25. The Bertz CT molecular complexity index is 400. The van der Waals surface area contributed by atoms with E-state index in [1.165, 1.54) is 50.3 Å². The van der Waals surface area contributed by atoms with Crippen molar-refractivity contribution in [2.75, 3.05) is 32.7 Å². The van der Waals surface area contributed by atoms with Gasteiger partial charge in [0.15, 0.2) is 0 Å². The SMILES string of the molecule is CC(C)CCN1CCN(Cc2ccc(C(C)C)cc2)CC1. The van der Waals surface area contributed by atoms with Crippen LogP contribution >= 0.6 is 0 Å². The van der Waals surface area contributed by atoms with Crippen LogP contribution in [0.5, 0.6) is 0 Å². The van der Waals surface area contributed by atoms with Gasteiger partial charge in [-0.15, -0.1) is 0 Å². The first kappa shape index (κ1) is 16.5. The molecule has 0 bridgehead atoms. The van der Waals surface area contributed by atoms with Gasteiger partial charge in [-0.2, -0.15) is 0 Å². The first-order valence-electron chi connectivity index (χ1n) is 8.58. The number of hydrogen-bond donors (Lipinski definition) is 0. The number of hydrogen-bond acceptors (Lipinski definition) is 2. The monoisotopic (exact) mass is 288 g/mol. The van der Waals surface area contributed by atoms with Gasteiger partial charge >= 0.3 is 0 Å². The molecule has 1 aromatic carbocycles.